The summed E-state index contributed by atoms with van der Waals surface area (Å²) >= 11 is 0. The van der Waals surface area contributed by atoms with Gasteiger partial charge >= 0.3 is 0 Å². The number of ketones is 1. The van der Waals surface area contributed by atoms with Crippen LogP contribution in [0.25, 0.3) is 10.8 Å². The van der Waals surface area contributed by atoms with Gasteiger partial charge in [-0.3, -0.25) is 4.79 Å². The zero-order chi connectivity index (χ0) is 18.2. The van der Waals surface area contributed by atoms with Crippen LogP contribution in [0.2, 0.25) is 18.1 Å². The first-order chi connectivity index (χ1) is 11.7. The molecule has 1 atom stereocenters. The van der Waals surface area contributed by atoms with Crippen LogP contribution in [0.15, 0.2) is 36.4 Å². The Morgan fingerprint density at radius 2 is 1.84 bits per heavy atom. The van der Waals surface area contributed by atoms with Crippen molar-refractivity contribution < 1.29 is 9.22 Å². The van der Waals surface area contributed by atoms with Crippen LogP contribution < -0.4 is 4.43 Å². The molecule has 1 aliphatic rings. The minimum atomic E-state index is -1.89. The van der Waals surface area contributed by atoms with Crippen LogP contribution in [0.3, 0.4) is 0 Å². The second kappa shape index (κ2) is 6.60. The van der Waals surface area contributed by atoms with Gasteiger partial charge in [0.15, 0.2) is 0 Å². The third kappa shape index (κ3) is 3.81. The zero-order valence-corrected chi connectivity index (χ0v) is 17.2. The lowest BCUT2D eigenvalue weighted by Crippen LogP contribution is -2.43. The van der Waals surface area contributed by atoms with Gasteiger partial charge in [0.2, 0.25) is 8.32 Å². The lowest BCUT2D eigenvalue weighted by Gasteiger charge is -2.37. The van der Waals surface area contributed by atoms with Gasteiger partial charge in [-0.05, 0) is 65.4 Å². The summed E-state index contributed by atoms with van der Waals surface area (Å²) in [6, 6.07) is 12.9. The fraction of sp³-hybridized carbons (Fsp3) is 0.500. The molecule has 0 saturated heterocycles. The smallest absolute Gasteiger partial charge is 0.250 e. The van der Waals surface area contributed by atoms with Gasteiger partial charge in [0.05, 0.1) is 0 Å². The number of benzene rings is 2. The molecular weight excluding hydrogens is 324 g/mol. The van der Waals surface area contributed by atoms with Crippen LogP contribution in [0.4, 0.5) is 0 Å². The highest BCUT2D eigenvalue weighted by atomic mass is 28.4. The molecule has 3 heteroatoms. The van der Waals surface area contributed by atoms with Crippen molar-refractivity contribution in [2.45, 2.75) is 70.5 Å². The third-order valence-corrected chi connectivity index (χ3v) is 10.3. The Balaban J connectivity index is 2.05. The van der Waals surface area contributed by atoms with Gasteiger partial charge in [-0.1, -0.05) is 45.0 Å². The molecule has 1 unspecified atom stereocenters. The summed E-state index contributed by atoms with van der Waals surface area (Å²) in [7, 11) is -1.89. The molecule has 0 spiro atoms. The molecule has 0 bridgehead atoms. The number of carbonyl (C=O) groups excluding carboxylic acids is 1. The Hall–Kier alpha value is -1.61. The summed E-state index contributed by atoms with van der Waals surface area (Å²) in [5, 5.41) is 2.65. The van der Waals surface area contributed by atoms with Crippen LogP contribution in [0.5, 0.6) is 5.75 Å². The molecule has 0 radical (unpaired) electrons. The Morgan fingerprint density at radius 1 is 1.12 bits per heavy atom. The lowest BCUT2D eigenvalue weighted by molar-refractivity contribution is -0.120. The number of hydrogen-bond donors (Lipinski definition) is 0. The summed E-state index contributed by atoms with van der Waals surface area (Å²) in [6.07, 6.45) is 3.52. The van der Waals surface area contributed by atoms with Crippen molar-refractivity contribution in [2.24, 2.45) is 0 Å². The summed E-state index contributed by atoms with van der Waals surface area (Å²) in [5.41, 5.74) is 1.29. The first-order valence-corrected chi connectivity index (χ1v) is 12.3. The van der Waals surface area contributed by atoms with Crippen molar-refractivity contribution in [3.63, 3.8) is 0 Å². The molecule has 0 N–H and O–H groups in total. The molecule has 0 heterocycles. The largest absolute Gasteiger partial charge is 0.543 e. The van der Waals surface area contributed by atoms with E-state index < -0.39 is 8.32 Å². The minimum Gasteiger partial charge on any atom is -0.543 e. The first kappa shape index (κ1) is 18.2. The van der Waals surface area contributed by atoms with E-state index in [-0.39, 0.29) is 5.04 Å². The van der Waals surface area contributed by atoms with E-state index in [4.69, 9.17) is 4.43 Å². The van der Waals surface area contributed by atoms with Gasteiger partial charge in [-0.2, -0.15) is 0 Å². The monoisotopic (exact) mass is 354 g/mol. The lowest BCUT2D eigenvalue weighted by atomic mass is 9.81. The predicted octanol–water partition coefficient (Wildman–Crippen LogP) is 6.45. The normalized spacial score (nSPS) is 19.2. The standard InChI is InChI=1S/C22H30O2Si/c1-22(2,3)25(4,5)24-19-14-17-9-6-7-12-20(17)21(15-19)16-10-8-11-18(23)13-16/h6-7,9,12,14-16H,8,10-11,13H2,1-5H3. The maximum Gasteiger partial charge on any atom is 0.250 e. The SMILES string of the molecule is CC(C)(C)[Si](C)(C)Oc1cc(C2CCCC(=O)C2)c2ccccc2c1. The maximum atomic E-state index is 12.0. The van der Waals surface area contributed by atoms with E-state index in [1.165, 1.54) is 16.3 Å². The third-order valence-electron chi connectivity index (χ3n) is 5.97. The second-order valence-electron chi connectivity index (χ2n) is 8.93. The summed E-state index contributed by atoms with van der Waals surface area (Å²) in [4.78, 5) is 12.0. The molecule has 0 amide bonds. The van der Waals surface area contributed by atoms with E-state index in [9.17, 15) is 4.79 Å². The number of carbonyl (C=O) groups is 1. The summed E-state index contributed by atoms with van der Waals surface area (Å²) in [6.45, 7) is 11.4. The van der Waals surface area contributed by atoms with E-state index >= 15 is 0 Å². The molecule has 0 aromatic heterocycles. The van der Waals surface area contributed by atoms with E-state index in [1.807, 2.05) is 0 Å². The highest BCUT2D eigenvalue weighted by Crippen LogP contribution is 2.41. The summed E-state index contributed by atoms with van der Waals surface area (Å²) < 4.78 is 6.59. The minimum absolute atomic E-state index is 0.166. The van der Waals surface area contributed by atoms with Crippen molar-refractivity contribution in [1.29, 1.82) is 0 Å². The number of Topliss-reactive ketones (excluding diaryl/α,β-unsaturated/α-hetero) is 1. The Kier molecular flexibility index (Phi) is 4.80. The number of rotatable bonds is 3. The van der Waals surface area contributed by atoms with Crippen molar-refractivity contribution in [1.82, 2.24) is 0 Å². The molecule has 2 nitrogen and oxygen atoms in total. The van der Waals surface area contributed by atoms with Crippen LogP contribution in [-0.4, -0.2) is 14.1 Å². The van der Waals surface area contributed by atoms with Gasteiger partial charge < -0.3 is 4.43 Å². The molecule has 0 aliphatic heterocycles. The average Bonchev–Trinajstić information content (AvgIpc) is 2.52. The van der Waals surface area contributed by atoms with Gasteiger partial charge in [-0.15, -0.1) is 0 Å². The molecule has 2 aromatic rings. The van der Waals surface area contributed by atoms with E-state index in [0.29, 0.717) is 18.1 Å². The predicted molar refractivity (Wildman–Crippen MR) is 108 cm³/mol. The van der Waals surface area contributed by atoms with Crippen molar-refractivity contribution in [3.8, 4) is 5.75 Å². The molecule has 134 valence electrons. The molecule has 1 aliphatic carbocycles. The van der Waals surface area contributed by atoms with Gasteiger partial charge in [0.1, 0.15) is 11.5 Å². The van der Waals surface area contributed by atoms with Crippen LogP contribution in [0.1, 0.15) is 57.9 Å². The molecule has 3 rings (SSSR count). The van der Waals surface area contributed by atoms with Crippen LogP contribution in [-0.2, 0) is 4.79 Å². The van der Waals surface area contributed by atoms with Crippen molar-refractivity contribution in [2.75, 3.05) is 0 Å². The van der Waals surface area contributed by atoms with Crippen molar-refractivity contribution in [3.05, 3.63) is 42.0 Å². The summed E-state index contributed by atoms with van der Waals surface area (Å²) in [5.74, 6) is 1.70. The van der Waals surface area contributed by atoms with E-state index in [0.717, 1.165) is 25.0 Å². The molecule has 1 fully saturated rings. The Labute approximate surface area is 152 Å². The topological polar surface area (TPSA) is 26.3 Å². The van der Waals surface area contributed by atoms with Gasteiger partial charge in [0.25, 0.3) is 0 Å². The van der Waals surface area contributed by atoms with Gasteiger partial charge in [0, 0.05) is 12.8 Å². The molecule has 25 heavy (non-hydrogen) atoms. The Morgan fingerprint density at radius 3 is 2.52 bits per heavy atom. The second-order valence-corrected chi connectivity index (χ2v) is 13.7. The van der Waals surface area contributed by atoms with E-state index in [1.54, 1.807) is 0 Å². The highest BCUT2D eigenvalue weighted by Gasteiger charge is 2.39. The molecular formula is C22H30O2Si. The van der Waals surface area contributed by atoms with Crippen LogP contribution >= 0.6 is 0 Å². The fourth-order valence-corrected chi connectivity index (χ4v) is 4.46. The fourth-order valence-electron chi connectivity index (χ4n) is 3.45. The highest BCUT2D eigenvalue weighted by molar-refractivity contribution is 6.74. The quantitative estimate of drug-likeness (QED) is 0.592. The van der Waals surface area contributed by atoms with Gasteiger partial charge in [-0.25, -0.2) is 0 Å². The van der Waals surface area contributed by atoms with Crippen LogP contribution in [0, 0.1) is 0 Å². The van der Waals surface area contributed by atoms with E-state index in [2.05, 4.69) is 70.3 Å². The zero-order valence-electron chi connectivity index (χ0n) is 16.2. The Bertz CT molecular complexity index is 786. The number of hydrogen-bond acceptors (Lipinski definition) is 2. The number of fused-ring (bicyclic) bond motifs is 1. The maximum absolute atomic E-state index is 12.0. The van der Waals surface area contributed by atoms with Crippen molar-refractivity contribution >= 4 is 24.9 Å². The first-order valence-electron chi connectivity index (χ1n) is 9.41. The molecule has 1 saturated carbocycles. The molecule has 2 aromatic carbocycles. The average molecular weight is 355 g/mol.